The Kier molecular flexibility index (Phi) is 4.82. The summed E-state index contributed by atoms with van der Waals surface area (Å²) in [7, 11) is -3.95. The number of piperazine rings is 1. The molecular weight excluding hydrogens is 413 g/mol. The Hall–Kier alpha value is -2.72. The summed E-state index contributed by atoms with van der Waals surface area (Å²) in [6, 6.07) is 7.14. The topological polar surface area (TPSA) is 80.3 Å². The minimum atomic E-state index is -3.95. The number of nitrogens with zero attached hydrogens (tertiary/aromatic N) is 2. The van der Waals surface area contributed by atoms with Gasteiger partial charge in [-0.2, -0.15) is 0 Å². The summed E-state index contributed by atoms with van der Waals surface area (Å²) in [6.45, 7) is 3.97. The molecule has 0 aromatic heterocycles. The van der Waals surface area contributed by atoms with E-state index >= 15 is 0 Å². The van der Waals surface area contributed by atoms with Crippen molar-refractivity contribution in [3.8, 4) is 17.2 Å². The van der Waals surface area contributed by atoms with Crippen LogP contribution in [0.2, 0.25) is 0 Å². The van der Waals surface area contributed by atoms with E-state index in [9.17, 15) is 12.8 Å². The number of hydrogen-bond donors (Lipinski definition) is 1. The van der Waals surface area contributed by atoms with Crippen molar-refractivity contribution >= 4 is 21.4 Å². The molecule has 0 aliphatic carbocycles. The summed E-state index contributed by atoms with van der Waals surface area (Å²) >= 11 is 0. The fourth-order valence-corrected chi connectivity index (χ4v) is 5.41. The second-order valence-electron chi connectivity index (χ2n) is 7.24. The third kappa shape index (κ3) is 3.29. The molecular formula is C20H22FN3O5S. The van der Waals surface area contributed by atoms with Crippen molar-refractivity contribution in [3.63, 3.8) is 0 Å². The molecule has 3 aliphatic rings. The highest BCUT2D eigenvalue weighted by molar-refractivity contribution is 7.92. The molecule has 3 heterocycles. The van der Waals surface area contributed by atoms with Crippen molar-refractivity contribution in [2.75, 3.05) is 61.7 Å². The molecule has 0 atom stereocenters. The van der Waals surface area contributed by atoms with Crippen molar-refractivity contribution in [1.82, 2.24) is 5.32 Å². The lowest BCUT2D eigenvalue weighted by Crippen LogP contribution is -2.44. The van der Waals surface area contributed by atoms with E-state index in [4.69, 9.17) is 14.2 Å². The van der Waals surface area contributed by atoms with Gasteiger partial charge in [0, 0.05) is 44.4 Å². The number of nitrogens with one attached hydrogen (secondary N) is 1. The van der Waals surface area contributed by atoms with Crippen LogP contribution in [-0.2, 0) is 10.0 Å². The third-order valence-electron chi connectivity index (χ3n) is 5.38. The van der Waals surface area contributed by atoms with Crippen LogP contribution in [0.3, 0.4) is 0 Å². The summed E-state index contributed by atoms with van der Waals surface area (Å²) in [5, 5.41) is 3.25. The first-order valence-corrected chi connectivity index (χ1v) is 11.3. The maximum atomic E-state index is 14.5. The molecule has 160 valence electrons. The van der Waals surface area contributed by atoms with Crippen molar-refractivity contribution in [2.24, 2.45) is 0 Å². The SMILES string of the molecule is O=S(=O)(c1ccc2c(c1)OCCO2)N1CCOc2c(N3CCNCC3)cc(F)cc21. The first kappa shape index (κ1) is 19.3. The van der Waals surface area contributed by atoms with Crippen LogP contribution in [0.15, 0.2) is 35.2 Å². The summed E-state index contributed by atoms with van der Waals surface area (Å²) in [5.74, 6) is 0.784. The maximum absolute atomic E-state index is 14.5. The van der Waals surface area contributed by atoms with E-state index in [0.29, 0.717) is 49.2 Å². The Morgan fingerprint density at radius 1 is 0.867 bits per heavy atom. The van der Waals surface area contributed by atoms with E-state index in [2.05, 4.69) is 5.32 Å². The van der Waals surface area contributed by atoms with Gasteiger partial charge in [0.15, 0.2) is 17.2 Å². The van der Waals surface area contributed by atoms with Crippen LogP contribution in [0.1, 0.15) is 0 Å². The molecule has 30 heavy (non-hydrogen) atoms. The zero-order valence-electron chi connectivity index (χ0n) is 16.3. The van der Waals surface area contributed by atoms with Crippen LogP contribution in [0.4, 0.5) is 15.8 Å². The van der Waals surface area contributed by atoms with E-state index in [1.807, 2.05) is 4.90 Å². The fraction of sp³-hybridized carbons (Fsp3) is 0.400. The van der Waals surface area contributed by atoms with Gasteiger partial charge in [-0.25, -0.2) is 12.8 Å². The van der Waals surface area contributed by atoms with Crippen molar-refractivity contribution in [1.29, 1.82) is 0 Å². The molecule has 1 saturated heterocycles. The Balaban J connectivity index is 1.56. The second-order valence-corrected chi connectivity index (χ2v) is 9.10. The van der Waals surface area contributed by atoms with Gasteiger partial charge < -0.3 is 24.4 Å². The van der Waals surface area contributed by atoms with Gasteiger partial charge in [0.1, 0.15) is 25.6 Å². The highest BCUT2D eigenvalue weighted by Crippen LogP contribution is 2.44. The van der Waals surface area contributed by atoms with Gasteiger partial charge in [-0.3, -0.25) is 4.31 Å². The summed E-state index contributed by atoms with van der Waals surface area (Å²) in [6.07, 6.45) is 0. The number of anilines is 2. The molecule has 0 amide bonds. The number of benzene rings is 2. The third-order valence-corrected chi connectivity index (χ3v) is 7.19. The van der Waals surface area contributed by atoms with Crippen molar-refractivity contribution in [2.45, 2.75) is 4.90 Å². The minimum absolute atomic E-state index is 0.0626. The zero-order valence-corrected chi connectivity index (χ0v) is 17.1. The van der Waals surface area contributed by atoms with Crippen molar-refractivity contribution in [3.05, 3.63) is 36.1 Å². The van der Waals surface area contributed by atoms with Crippen LogP contribution >= 0.6 is 0 Å². The molecule has 0 saturated carbocycles. The molecule has 0 spiro atoms. The number of sulfonamides is 1. The van der Waals surface area contributed by atoms with E-state index in [-0.39, 0.29) is 23.7 Å². The number of halogens is 1. The van der Waals surface area contributed by atoms with Crippen LogP contribution in [0.25, 0.3) is 0 Å². The van der Waals surface area contributed by atoms with Crippen LogP contribution < -0.4 is 28.7 Å². The molecule has 2 aromatic carbocycles. The van der Waals surface area contributed by atoms with Gasteiger partial charge in [-0.15, -0.1) is 0 Å². The average molecular weight is 435 g/mol. The molecule has 1 N–H and O–H groups in total. The van der Waals surface area contributed by atoms with Gasteiger partial charge >= 0.3 is 0 Å². The fourth-order valence-electron chi connectivity index (χ4n) is 3.95. The van der Waals surface area contributed by atoms with E-state index in [1.165, 1.54) is 28.6 Å². The molecule has 5 rings (SSSR count). The standard InChI is InChI=1S/C20H22FN3O5S/c21-14-11-16(23-5-3-22-4-6-23)20-17(12-14)24(7-8-29-20)30(25,26)15-1-2-18-19(13-15)28-10-9-27-18/h1-2,11-13,22H,3-10H2. The lowest BCUT2D eigenvalue weighted by Gasteiger charge is -2.36. The highest BCUT2D eigenvalue weighted by Gasteiger charge is 2.34. The van der Waals surface area contributed by atoms with Crippen LogP contribution in [0.5, 0.6) is 17.2 Å². The van der Waals surface area contributed by atoms with Gasteiger partial charge in [0.2, 0.25) is 0 Å². The minimum Gasteiger partial charge on any atom is -0.487 e. The zero-order chi connectivity index (χ0) is 20.7. The average Bonchev–Trinajstić information content (AvgIpc) is 2.78. The summed E-state index contributed by atoms with van der Waals surface area (Å²) in [4.78, 5) is 2.08. The summed E-state index contributed by atoms with van der Waals surface area (Å²) in [5.41, 5.74) is 0.790. The summed E-state index contributed by atoms with van der Waals surface area (Å²) < 4.78 is 59.5. The normalized spacial score (nSPS) is 18.6. The van der Waals surface area contributed by atoms with E-state index in [1.54, 1.807) is 6.07 Å². The first-order chi connectivity index (χ1) is 14.5. The number of ether oxygens (including phenoxy) is 3. The highest BCUT2D eigenvalue weighted by atomic mass is 32.2. The molecule has 0 radical (unpaired) electrons. The quantitative estimate of drug-likeness (QED) is 0.784. The lowest BCUT2D eigenvalue weighted by atomic mass is 10.2. The molecule has 2 aromatic rings. The number of fused-ring (bicyclic) bond motifs is 2. The van der Waals surface area contributed by atoms with Crippen LogP contribution in [-0.4, -0.2) is 61.0 Å². The molecule has 3 aliphatic heterocycles. The molecule has 8 nitrogen and oxygen atoms in total. The Labute approximate surface area is 174 Å². The molecule has 10 heteroatoms. The smallest absolute Gasteiger partial charge is 0.264 e. The largest absolute Gasteiger partial charge is 0.487 e. The van der Waals surface area contributed by atoms with Crippen LogP contribution in [0, 0.1) is 5.82 Å². The molecule has 1 fully saturated rings. The number of hydrogen-bond acceptors (Lipinski definition) is 7. The monoisotopic (exact) mass is 435 g/mol. The van der Waals surface area contributed by atoms with Gasteiger partial charge in [-0.1, -0.05) is 0 Å². The van der Waals surface area contributed by atoms with Gasteiger partial charge in [0.25, 0.3) is 10.0 Å². The molecule has 0 unspecified atom stereocenters. The maximum Gasteiger partial charge on any atom is 0.264 e. The lowest BCUT2D eigenvalue weighted by molar-refractivity contribution is 0.171. The predicted octanol–water partition coefficient (Wildman–Crippen LogP) is 1.59. The van der Waals surface area contributed by atoms with Crippen molar-refractivity contribution < 1.29 is 27.0 Å². The molecule has 0 bridgehead atoms. The Morgan fingerprint density at radius 3 is 2.40 bits per heavy atom. The Bertz CT molecular complexity index is 1070. The first-order valence-electron chi connectivity index (χ1n) is 9.88. The predicted molar refractivity (Wildman–Crippen MR) is 109 cm³/mol. The van der Waals surface area contributed by atoms with Gasteiger partial charge in [0.05, 0.1) is 22.8 Å². The van der Waals surface area contributed by atoms with E-state index < -0.39 is 15.8 Å². The van der Waals surface area contributed by atoms with E-state index in [0.717, 1.165) is 13.1 Å². The second kappa shape index (κ2) is 7.51. The number of rotatable bonds is 3. The Morgan fingerprint density at radius 2 is 1.60 bits per heavy atom. The van der Waals surface area contributed by atoms with Gasteiger partial charge in [-0.05, 0) is 12.1 Å².